The van der Waals surface area contributed by atoms with Gasteiger partial charge in [-0.15, -0.1) is 0 Å². The van der Waals surface area contributed by atoms with Gasteiger partial charge in [-0.05, 0) is 18.6 Å². The van der Waals surface area contributed by atoms with Crippen LogP contribution in [0, 0.1) is 17.2 Å². The summed E-state index contributed by atoms with van der Waals surface area (Å²) in [6, 6.07) is 6.01. The fourth-order valence-electron chi connectivity index (χ4n) is 2.05. The van der Waals surface area contributed by atoms with Crippen molar-refractivity contribution in [2.45, 2.75) is 32.9 Å². The van der Waals surface area contributed by atoms with E-state index in [2.05, 4.69) is 16.0 Å². The van der Waals surface area contributed by atoms with Gasteiger partial charge >= 0.3 is 5.97 Å². The first-order valence-electron chi connectivity index (χ1n) is 6.67. The van der Waals surface area contributed by atoms with Crippen molar-refractivity contribution in [3.05, 3.63) is 30.1 Å². The van der Waals surface area contributed by atoms with Crippen molar-refractivity contribution in [2.75, 3.05) is 13.7 Å². The molecule has 0 aliphatic rings. The van der Waals surface area contributed by atoms with Crippen molar-refractivity contribution in [3.63, 3.8) is 0 Å². The van der Waals surface area contributed by atoms with Gasteiger partial charge < -0.3 is 4.74 Å². The van der Waals surface area contributed by atoms with E-state index in [1.165, 1.54) is 7.11 Å². The van der Waals surface area contributed by atoms with Gasteiger partial charge in [0.15, 0.2) is 0 Å². The normalized spacial score (nSPS) is 13.6. The van der Waals surface area contributed by atoms with Gasteiger partial charge in [0.05, 0.1) is 19.1 Å². The summed E-state index contributed by atoms with van der Waals surface area (Å²) in [6.07, 6.45) is 3.96. The molecular formula is C15H21N3O2. The zero-order valence-corrected chi connectivity index (χ0v) is 12.2. The maximum atomic E-state index is 11.7. The van der Waals surface area contributed by atoms with Crippen molar-refractivity contribution < 1.29 is 9.53 Å². The zero-order chi connectivity index (χ0) is 15.0. The van der Waals surface area contributed by atoms with E-state index in [0.29, 0.717) is 19.5 Å². The highest BCUT2D eigenvalue weighted by Gasteiger charge is 2.26. The van der Waals surface area contributed by atoms with Crippen LogP contribution < -0.4 is 0 Å². The van der Waals surface area contributed by atoms with Crippen molar-refractivity contribution >= 4 is 5.97 Å². The minimum absolute atomic E-state index is 0.00370. The van der Waals surface area contributed by atoms with Crippen molar-refractivity contribution in [1.29, 1.82) is 5.26 Å². The van der Waals surface area contributed by atoms with Crippen molar-refractivity contribution in [2.24, 2.45) is 5.92 Å². The largest absolute Gasteiger partial charge is 0.469 e. The van der Waals surface area contributed by atoms with Gasteiger partial charge in [-0.2, -0.15) is 5.26 Å². The topological polar surface area (TPSA) is 66.2 Å². The number of aromatic nitrogens is 1. The number of nitriles is 1. The lowest BCUT2D eigenvalue weighted by atomic mass is 10.0. The third-order valence-corrected chi connectivity index (χ3v) is 3.49. The minimum Gasteiger partial charge on any atom is -0.469 e. The van der Waals surface area contributed by atoms with Crippen LogP contribution in [0.3, 0.4) is 0 Å². The minimum atomic E-state index is -0.240. The Labute approximate surface area is 120 Å². The Kier molecular flexibility index (Phi) is 6.68. The van der Waals surface area contributed by atoms with E-state index < -0.39 is 0 Å². The van der Waals surface area contributed by atoms with Crippen LogP contribution in [0.5, 0.6) is 0 Å². The molecule has 0 fully saturated rings. The number of esters is 1. The molecule has 0 bridgehead atoms. The van der Waals surface area contributed by atoms with Crippen LogP contribution in [0.4, 0.5) is 0 Å². The second-order valence-corrected chi connectivity index (χ2v) is 4.79. The van der Waals surface area contributed by atoms with Gasteiger partial charge in [-0.1, -0.05) is 13.0 Å². The second kappa shape index (κ2) is 8.28. The van der Waals surface area contributed by atoms with Crippen LogP contribution in [0.15, 0.2) is 24.5 Å². The second-order valence-electron chi connectivity index (χ2n) is 4.79. The number of hydrogen-bond donors (Lipinski definition) is 0. The molecule has 1 rings (SSSR count). The van der Waals surface area contributed by atoms with E-state index in [0.717, 1.165) is 5.56 Å². The molecule has 0 N–H and O–H groups in total. The molecule has 0 aliphatic carbocycles. The molecule has 5 heteroatoms. The number of nitrogens with zero attached hydrogens (tertiary/aromatic N) is 3. The molecule has 1 heterocycles. The smallest absolute Gasteiger partial charge is 0.309 e. The van der Waals surface area contributed by atoms with Crippen LogP contribution >= 0.6 is 0 Å². The fraction of sp³-hybridized carbons (Fsp3) is 0.533. The Morgan fingerprint density at radius 3 is 2.85 bits per heavy atom. The molecule has 0 saturated heterocycles. The number of ether oxygens (including phenoxy) is 1. The van der Waals surface area contributed by atoms with E-state index in [9.17, 15) is 4.79 Å². The standard InChI is InChI=1S/C15H21N3O2/c1-12(15(19)20-3)13(2)18(9-5-7-16)11-14-6-4-8-17-10-14/h4,6,8,10,12-13H,5,9,11H2,1-3H3. The first kappa shape index (κ1) is 16.1. The average Bonchev–Trinajstić information content (AvgIpc) is 2.50. The Balaban J connectivity index is 2.78. The van der Waals surface area contributed by atoms with E-state index >= 15 is 0 Å². The summed E-state index contributed by atoms with van der Waals surface area (Å²) in [6.45, 7) is 5.11. The molecule has 0 saturated carbocycles. The van der Waals surface area contributed by atoms with Crippen LogP contribution in [-0.4, -0.2) is 35.5 Å². The first-order chi connectivity index (χ1) is 9.60. The summed E-state index contributed by atoms with van der Waals surface area (Å²) in [7, 11) is 1.40. The Morgan fingerprint density at radius 2 is 2.30 bits per heavy atom. The number of carbonyl (C=O) groups excluding carboxylic acids is 1. The molecule has 0 aromatic carbocycles. The number of pyridine rings is 1. The quantitative estimate of drug-likeness (QED) is 0.712. The maximum Gasteiger partial charge on any atom is 0.309 e. The third kappa shape index (κ3) is 4.63. The number of rotatable bonds is 7. The van der Waals surface area contributed by atoms with E-state index in [1.807, 2.05) is 26.0 Å². The lowest BCUT2D eigenvalue weighted by Crippen LogP contribution is -2.41. The molecule has 2 unspecified atom stereocenters. The molecule has 5 nitrogen and oxygen atoms in total. The van der Waals surface area contributed by atoms with Gasteiger partial charge in [0.25, 0.3) is 0 Å². The van der Waals surface area contributed by atoms with Crippen molar-refractivity contribution in [3.8, 4) is 6.07 Å². The molecule has 1 aromatic rings. The number of methoxy groups -OCH3 is 1. The van der Waals surface area contributed by atoms with Crippen molar-refractivity contribution in [1.82, 2.24) is 9.88 Å². The average molecular weight is 275 g/mol. The predicted octanol–water partition coefficient (Wildman–Crippen LogP) is 1.99. The van der Waals surface area contributed by atoms with Crippen LogP contribution in [0.1, 0.15) is 25.8 Å². The Bertz CT molecular complexity index is 456. The van der Waals surface area contributed by atoms with E-state index in [1.54, 1.807) is 12.4 Å². The lowest BCUT2D eigenvalue weighted by Gasteiger charge is -2.31. The molecule has 0 amide bonds. The summed E-state index contributed by atoms with van der Waals surface area (Å²) in [5, 5.41) is 8.78. The SMILES string of the molecule is COC(=O)C(C)C(C)N(CCC#N)Cc1cccnc1. The highest BCUT2D eigenvalue weighted by atomic mass is 16.5. The van der Waals surface area contributed by atoms with Crippen LogP contribution in [0.2, 0.25) is 0 Å². The molecule has 20 heavy (non-hydrogen) atoms. The fourth-order valence-corrected chi connectivity index (χ4v) is 2.05. The molecule has 0 spiro atoms. The Morgan fingerprint density at radius 1 is 1.55 bits per heavy atom. The lowest BCUT2D eigenvalue weighted by molar-refractivity contribution is -0.147. The molecule has 108 valence electrons. The highest BCUT2D eigenvalue weighted by Crippen LogP contribution is 2.16. The molecule has 2 atom stereocenters. The van der Waals surface area contributed by atoms with Gasteiger partial charge in [-0.25, -0.2) is 0 Å². The van der Waals surface area contributed by atoms with E-state index in [4.69, 9.17) is 10.00 Å². The molecule has 1 aromatic heterocycles. The summed E-state index contributed by atoms with van der Waals surface area (Å²) in [5.74, 6) is -0.471. The summed E-state index contributed by atoms with van der Waals surface area (Å²) in [5.41, 5.74) is 1.06. The van der Waals surface area contributed by atoms with Gasteiger partial charge in [0.2, 0.25) is 0 Å². The van der Waals surface area contributed by atoms with E-state index in [-0.39, 0.29) is 17.9 Å². The summed E-state index contributed by atoms with van der Waals surface area (Å²) < 4.78 is 4.80. The monoisotopic (exact) mass is 275 g/mol. The Hall–Kier alpha value is -1.93. The van der Waals surface area contributed by atoms with Crippen LogP contribution in [0.25, 0.3) is 0 Å². The molecular weight excluding hydrogens is 254 g/mol. The van der Waals surface area contributed by atoms with Gasteiger partial charge in [0, 0.05) is 37.9 Å². The predicted molar refractivity (Wildman–Crippen MR) is 75.5 cm³/mol. The number of carbonyl (C=O) groups is 1. The number of hydrogen-bond acceptors (Lipinski definition) is 5. The van der Waals surface area contributed by atoms with Gasteiger partial charge in [-0.3, -0.25) is 14.7 Å². The maximum absolute atomic E-state index is 11.7. The summed E-state index contributed by atoms with van der Waals surface area (Å²) >= 11 is 0. The zero-order valence-electron chi connectivity index (χ0n) is 12.2. The highest BCUT2D eigenvalue weighted by molar-refractivity contribution is 5.72. The first-order valence-corrected chi connectivity index (χ1v) is 6.67. The summed E-state index contributed by atoms with van der Waals surface area (Å²) in [4.78, 5) is 17.9. The van der Waals surface area contributed by atoms with Crippen LogP contribution in [-0.2, 0) is 16.1 Å². The molecule has 0 radical (unpaired) electrons. The van der Waals surface area contributed by atoms with Gasteiger partial charge in [0.1, 0.15) is 0 Å². The molecule has 0 aliphatic heterocycles. The third-order valence-electron chi connectivity index (χ3n) is 3.49.